The Morgan fingerprint density at radius 1 is 1.00 bits per heavy atom. The molecule has 1 saturated heterocycles. The van der Waals surface area contributed by atoms with Gasteiger partial charge in [-0.3, -0.25) is 9.47 Å². The molecule has 0 N–H and O–H groups in total. The Labute approximate surface area is 173 Å². The van der Waals surface area contributed by atoms with E-state index < -0.39 is 0 Å². The predicted molar refractivity (Wildman–Crippen MR) is 113 cm³/mol. The second-order valence-corrected chi connectivity index (χ2v) is 8.02. The van der Waals surface area contributed by atoms with Gasteiger partial charge in [0.15, 0.2) is 5.65 Å². The van der Waals surface area contributed by atoms with Crippen LogP contribution in [0.5, 0.6) is 0 Å². The van der Waals surface area contributed by atoms with Crippen molar-refractivity contribution >= 4 is 16.7 Å². The maximum absolute atomic E-state index is 13.0. The number of nitrogens with zero attached hydrogens (tertiary/aromatic N) is 6. The lowest BCUT2D eigenvalue weighted by molar-refractivity contribution is -0.0705. The summed E-state index contributed by atoms with van der Waals surface area (Å²) in [4.78, 5) is 24.4. The van der Waals surface area contributed by atoms with E-state index in [9.17, 15) is 4.79 Å². The zero-order valence-corrected chi connectivity index (χ0v) is 17.1. The molecule has 5 rings (SSSR count). The number of rotatable bonds is 4. The zero-order chi connectivity index (χ0) is 20.7. The summed E-state index contributed by atoms with van der Waals surface area (Å²) in [6, 6.07) is 12.0. The van der Waals surface area contributed by atoms with Crippen molar-refractivity contribution in [2.75, 3.05) is 13.1 Å². The van der Waals surface area contributed by atoms with Crippen molar-refractivity contribution in [1.29, 1.82) is 0 Å². The SMILES string of the molecule is CC1CN(Cc2cnc3c(c2)c2ncnn2c(=O)n3Cc2ccccc2)CC(C)O1. The largest absolute Gasteiger partial charge is 0.373 e. The third-order valence-electron chi connectivity index (χ3n) is 5.46. The van der Waals surface area contributed by atoms with Crippen LogP contribution in [-0.4, -0.2) is 54.3 Å². The predicted octanol–water partition coefficient (Wildman–Crippen LogP) is 2.10. The number of hydrogen-bond donors (Lipinski definition) is 0. The van der Waals surface area contributed by atoms with Crippen LogP contribution < -0.4 is 5.69 Å². The third kappa shape index (κ3) is 3.48. The molecule has 2 atom stereocenters. The van der Waals surface area contributed by atoms with E-state index in [1.807, 2.05) is 36.5 Å². The van der Waals surface area contributed by atoms with Crippen molar-refractivity contribution in [1.82, 2.24) is 29.0 Å². The van der Waals surface area contributed by atoms with Gasteiger partial charge >= 0.3 is 5.69 Å². The minimum Gasteiger partial charge on any atom is -0.373 e. The molecule has 1 aromatic carbocycles. The van der Waals surface area contributed by atoms with Gasteiger partial charge in [0.25, 0.3) is 0 Å². The van der Waals surface area contributed by atoms with Crippen molar-refractivity contribution in [3.8, 4) is 0 Å². The molecule has 1 aliphatic rings. The van der Waals surface area contributed by atoms with Gasteiger partial charge in [-0.25, -0.2) is 14.8 Å². The van der Waals surface area contributed by atoms with Gasteiger partial charge in [-0.2, -0.15) is 9.61 Å². The number of aromatic nitrogens is 5. The highest BCUT2D eigenvalue weighted by Gasteiger charge is 2.23. The smallest absolute Gasteiger partial charge is 0.352 e. The van der Waals surface area contributed by atoms with Crippen molar-refractivity contribution < 1.29 is 4.74 Å². The van der Waals surface area contributed by atoms with Crippen LogP contribution in [0.2, 0.25) is 0 Å². The molecule has 0 spiro atoms. The molecule has 30 heavy (non-hydrogen) atoms. The van der Waals surface area contributed by atoms with Crippen molar-refractivity contribution in [3.05, 3.63) is 70.5 Å². The lowest BCUT2D eigenvalue weighted by atomic mass is 10.1. The molecular weight excluding hydrogens is 380 g/mol. The summed E-state index contributed by atoms with van der Waals surface area (Å²) in [5.74, 6) is 0. The van der Waals surface area contributed by atoms with Crippen molar-refractivity contribution in [2.45, 2.75) is 39.1 Å². The van der Waals surface area contributed by atoms with Crippen LogP contribution in [-0.2, 0) is 17.8 Å². The van der Waals surface area contributed by atoms with Gasteiger partial charge in [0.1, 0.15) is 12.0 Å². The molecule has 8 nitrogen and oxygen atoms in total. The fourth-order valence-corrected chi connectivity index (χ4v) is 4.32. The lowest BCUT2D eigenvalue weighted by Gasteiger charge is -2.35. The maximum Gasteiger partial charge on any atom is 0.352 e. The second kappa shape index (κ2) is 7.62. The van der Waals surface area contributed by atoms with E-state index in [1.165, 1.54) is 10.8 Å². The van der Waals surface area contributed by atoms with Crippen LogP contribution in [0.25, 0.3) is 16.7 Å². The standard InChI is InChI=1S/C22H24N6O2/c1-15-10-26(11-16(2)30-15)12-18-8-19-20(23-9-18)27(13-17-6-4-3-5-7-17)22(29)28-21(19)24-14-25-28/h3-9,14-16H,10-13H2,1-2H3. The zero-order valence-electron chi connectivity index (χ0n) is 17.1. The van der Waals surface area contributed by atoms with Crippen molar-refractivity contribution in [2.24, 2.45) is 0 Å². The summed E-state index contributed by atoms with van der Waals surface area (Å²) >= 11 is 0. The van der Waals surface area contributed by atoms with E-state index >= 15 is 0 Å². The Morgan fingerprint density at radius 3 is 2.53 bits per heavy atom. The molecule has 4 aromatic rings. The Balaban J connectivity index is 1.58. The summed E-state index contributed by atoms with van der Waals surface area (Å²) in [5, 5.41) is 4.98. The quantitative estimate of drug-likeness (QED) is 0.518. The molecule has 1 fully saturated rings. The van der Waals surface area contributed by atoms with Gasteiger partial charge in [-0.1, -0.05) is 30.3 Å². The van der Waals surface area contributed by atoms with Gasteiger partial charge in [0.2, 0.25) is 0 Å². The van der Waals surface area contributed by atoms with Crippen LogP contribution in [0.15, 0.2) is 53.7 Å². The van der Waals surface area contributed by atoms with Crippen molar-refractivity contribution in [3.63, 3.8) is 0 Å². The molecule has 1 aliphatic heterocycles. The molecular formula is C22H24N6O2. The Morgan fingerprint density at radius 2 is 1.77 bits per heavy atom. The van der Waals surface area contributed by atoms with E-state index in [4.69, 9.17) is 9.72 Å². The van der Waals surface area contributed by atoms with E-state index in [2.05, 4.69) is 34.9 Å². The van der Waals surface area contributed by atoms with Crippen LogP contribution >= 0.6 is 0 Å². The highest BCUT2D eigenvalue weighted by molar-refractivity contribution is 5.89. The number of morpholine rings is 1. The fourth-order valence-electron chi connectivity index (χ4n) is 4.32. The fraction of sp³-hybridized carbons (Fsp3) is 0.364. The first-order chi connectivity index (χ1) is 14.6. The molecule has 0 aliphatic carbocycles. The lowest BCUT2D eigenvalue weighted by Crippen LogP contribution is -2.44. The molecule has 0 saturated carbocycles. The molecule has 0 radical (unpaired) electrons. The van der Waals surface area contributed by atoms with E-state index in [0.29, 0.717) is 17.8 Å². The number of benzene rings is 1. The Hall–Kier alpha value is -3.10. The van der Waals surface area contributed by atoms with Gasteiger partial charge in [-0.05, 0) is 31.0 Å². The number of pyridine rings is 1. The van der Waals surface area contributed by atoms with E-state index in [0.717, 1.165) is 36.1 Å². The Bertz CT molecular complexity index is 1240. The molecule has 3 aromatic heterocycles. The van der Waals surface area contributed by atoms with Crippen LogP contribution in [0.1, 0.15) is 25.0 Å². The van der Waals surface area contributed by atoms with E-state index in [-0.39, 0.29) is 17.9 Å². The number of fused-ring (bicyclic) bond motifs is 3. The molecule has 0 bridgehead atoms. The molecule has 4 heterocycles. The summed E-state index contributed by atoms with van der Waals surface area (Å²) in [7, 11) is 0. The molecule has 8 heteroatoms. The van der Waals surface area contributed by atoms with E-state index in [1.54, 1.807) is 4.57 Å². The summed E-state index contributed by atoms with van der Waals surface area (Å²) < 4.78 is 8.86. The molecule has 2 unspecified atom stereocenters. The topological polar surface area (TPSA) is 77.6 Å². The summed E-state index contributed by atoms with van der Waals surface area (Å²) in [6.07, 6.45) is 3.70. The average Bonchev–Trinajstić information content (AvgIpc) is 3.22. The second-order valence-electron chi connectivity index (χ2n) is 8.02. The summed E-state index contributed by atoms with van der Waals surface area (Å²) in [5.41, 5.74) is 3.03. The Kier molecular flexibility index (Phi) is 4.80. The highest BCUT2D eigenvalue weighted by Crippen LogP contribution is 2.20. The third-order valence-corrected chi connectivity index (χ3v) is 5.46. The van der Waals surface area contributed by atoms with Gasteiger partial charge in [0.05, 0.1) is 24.1 Å². The number of ether oxygens (including phenoxy) is 1. The highest BCUT2D eigenvalue weighted by atomic mass is 16.5. The van der Waals surface area contributed by atoms with Gasteiger partial charge in [0, 0.05) is 25.8 Å². The molecule has 154 valence electrons. The first-order valence-corrected chi connectivity index (χ1v) is 10.2. The van der Waals surface area contributed by atoms with Crippen LogP contribution in [0.4, 0.5) is 0 Å². The minimum absolute atomic E-state index is 0.210. The van der Waals surface area contributed by atoms with Gasteiger partial charge in [-0.15, -0.1) is 0 Å². The summed E-state index contributed by atoms with van der Waals surface area (Å²) in [6.45, 7) is 7.18. The van der Waals surface area contributed by atoms with Gasteiger partial charge < -0.3 is 4.74 Å². The first kappa shape index (κ1) is 18.9. The first-order valence-electron chi connectivity index (χ1n) is 10.2. The van der Waals surface area contributed by atoms with Crippen LogP contribution in [0, 0.1) is 0 Å². The number of hydrogen-bond acceptors (Lipinski definition) is 6. The monoisotopic (exact) mass is 404 g/mol. The average molecular weight is 404 g/mol. The normalized spacial score (nSPS) is 20.2. The molecule has 0 amide bonds. The minimum atomic E-state index is -0.241. The maximum atomic E-state index is 13.0. The van der Waals surface area contributed by atoms with Crippen LogP contribution in [0.3, 0.4) is 0 Å².